The van der Waals surface area contributed by atoms with Crippen molar-refractivity contribution in [3.8, 4) is 0 Å². The average Bonchev–Trinajstić information content (AvgIpc) is 3.42. The number of fused-ring (bicyclic) bond motifs is 3. The summed E-state index contributed by atoms with van der Waals surface area (Å²) in [6, 6.07) is 0. The topological polar surface area (TPSA) is 92.7 Å². The van der Waals surface area contributed by atoms with Gasteiger partial charge in [-0.1, -0.05) is 24.5 Å². The second-order valence-corrected chi connectivity index (χ2v) is 10.7. The third kappa shape index (κ3) is 3.78. The number of carbonyl (C=O) groups excluding carboxylic acids is 2. The van der Waals surface area contributed by atoms with Crippen LogP contribution in [0.5, 0.6) is 0 Å². The van der Waals surface area contributed by atoms with Crippen molar-refractivity contribution in [1.82, 2.24) is 0 Å². The number of carboxylic acids is 1. The molecule has 3 aliphatic rings. The van der Waals surface area contributed by atoms with Crippen LogP contribution >= 0.6 is 11.3 Å². The summed E-state index contributed by atoms with van der Waals surface area (Å²) in [6.07, 6.45) is 5.50. The van der Waals surface area contributed by atoms with Gasteiger partial charge in [0, 0.05) is 4.88 Å². The fourth-order valence-electron chi connectivity index (χ4n) is 6.31. The van der Waals surface area contributed by atoms with Crippen LogP contribution in [-0.4, -0.2) is 29.6 Å². The van der Waals surface area contributed by atoms with Crippen molar-refractivity contribution in [3.05, 3.63) is 27.2 Å². The number of allylic oxidation sites excluding steroid dienone is 2. The fourth-order valence-corrected chi connectivity index (χ4v) is 7.66. The zero-order chi connectivity index (χ0) is 23.2. The van der Waals surface area contributed by atoms with E-state index in [1.165, 1.54) is 11.3 Å². The number of thiophene rings is 1. The van der Waals surface area contributed by atoms with Gasteiger partial charge in [-0.05, 0) is 76.2 Å². The monoisotopic (exact) mass is 459 g/mol. The van der Waals surface area contributed by atoms with Gasteiger partial charge in [-0.2, -0.15) is 0 Å². The molecule has 174 valence electrons. The third-order valence-corrected chi connectivity index (χ3v) is 8.84. The molecule has 1 aromatic heterocycles. The highest BCUT2D eigenvalue weighted by Crippen LogP contribution is 2.57. The highest BCUT2D eigenvalue weighted by atomic mass is 32.1. The van der Waals surface area contributed by atoms with Crippen molar-refractivity contribution in [2.45, 2.75) is 66.2 Å². The summed E-state index contributed by atoms with van der Waals surface area (Å²) in [7, 11) is 0. The maximum absolute atomic E-state index is 13.5. The normalized spacial score (nSPS) is 28.4. The Hall–Kier alpha value is -2.15. The molecule has 1 heterocycles. The molecule has 2 fully saturated rings. The first-order chi connectivity index (χ1) is 15.3. The second-order valence-electron chi connectivity index (χ2n) is 9.57. The molecule has 0 aliphatic heterocycles. The van der Waals surface area contributed by atoms with Crippen LogP contribution in [0.4, 0.5) is 5.00 Å². The smallest absolute Gasteiger partial charge is 0.341 e. The summed E-state index contributed by atoms with van der Waals surface area (Å²) in [4.78, 5) is 39.6. The Labute approximate surface area is 193 Å². The molecule has 0 unspecified atom stereocenters. The minimum atomic E-state index is -0.905. The van der Waals surface area contributed by atoms with Crippen molar-refractivity contribution in [2.75, 3.05) is 11.9 Å². The highest BCUT2D eigenvalue weighted by Gasteiger charge is 2.57. The number of nitrogens with one attached hydrogen (secondary N) is 1. The van der Waals surface area contributed by atoms with Gasteiger partial charge in [0.15, 0.2) is 0 Å². The van der Waals surface area contributed by atoms with Crippen LogP contribution in [0.1, 0.15) is 74.2 Å². The van der Waals surface area contributed by atoms with Gasteiger partial charge in [-0.15, -0.1) is 11.3 Å². The predicted molar refractivity (Wildman–Crippen MR) is 124 cm³/mol. The number of aliphatic carboxylic acids is 1. The largest absolute Gasteiger partial charge is 0.481 e. The Morgan fingerprint density at radius 3 is 2.38 bits per heavy atom. The minimum Gasteiger partial charge on any atom is -0.481 e. The molecule has 1 aromatic rings. The minimum absolute atomic E-state index is 0.0313. The van der Waals surface area contributed by atoms with E-state index in [-0.39, 0.29) is 24.3 Å². The van der Waals surface area contributed by atoms with Gasteiger partial charge in [-0.25, -0.2) is 4.79 Å². The lowest BCUT2D eigenvalue weighted by Crippen LogP contribution is -2.38. The molecular formula is C25H33NO5S. The number of ether oxygens (including phenoxy) is 1. The number of rotatable bonds is 6. The van der Waals surface area contributed by atoms with Gasteiger partial charge < -0.3 is 15.2 Å². The van der Waals surface area contributed by atoms with E-state index < -0.39 is 23.8 Å². The van der Waals surface area contributed by atoms with Crippen LogP contribution < -0.4 is 5.32 Å². The van der Waals surface area contributed by atoms with Crippen LogP contribution in [0.15, 0.2) is 11.1 Å². The van der Waals surface area contributed by atoms with Crippen molar-refractivity contribution in [3.63, 3.8) is 0 Å². The van der Waals surface area contributed by atoms with Gasteiger partial charge in [0.25, 0.3) is 0 Å². The SMILES string of the molecule is CCOC(=O)c1c(NC(=O)[C@H]2[C@@H](C(=O)O)[C@@H]3CC[C@@H]2C3=C(C)C)sc2c1CC[C@H](CC)C2. The van der Waals surface area contributed by atoms with Crippen molar-refractivity contribution < 1.29 is 24.2 Å². The van der Waals surface area contributed by atoms with E-state index in [0.717, 1.165) is 60.1 Å². The lowest BCUT2D eigenvalue weighted by molar-refractivity contribution is -0.148. The van der Waals surface area contributed by atoms with Crippen molar-refractivity contribution in [2.24, 2.45) is 29.6 Å². The maximum Gasteiger partial charge on any atom is 0.341 e. The van der Waals surface area contributed by atoms with Gasteiger partial charge >= 0.3 is 11.9 Å². The van der Waals surface area contributed by atoms with Gasteiger partial charge in [0.1, 0.15) is 5.00 Å². The fraction of sp³-hybridized carbons (Fsp3) is 0.640. The molecule has 0 aromatic carbocycles. The van der Waals surface area contributed by atoms with Crippen LogP contribution in [0.25, 0.3) is 0 Å². The van der Waals surface area contributed by atoms with E-state index in [1.54, 1.807) is 6.92 Å². The number of carbonyl (C=O) groups is 3. The number of carboxylic acid groups (broad SMARTS) is 1. The number of esters is 1. The molecule has 32 heavy (non-hydrogen) atoms. The molecule has 4 rings (SSSR count). The standard InChI is InChI=1S/C25H33NO5S/c1-5-13-7-8-14-17(11-13)32-23(21(14)25(30)31-6-2)26-22(27)19-15-9-10-16(18(15)12(3)4)20(19)24(28)29/h13,15-16,19-20H,5-11H2,1-4H3,(H,26,27)(H,28,29)/t13-,15+,16+,19+,20-/m0/s1. The first-order valence-corrected chi connectivity index (χ1v) is 12.6. The summed E-state index contributed by atoms with van der Waals surface area (Å²) < 4.78 is 5.33. The molecule has 7 heteroatoms. The van der Waals surface area contributed by atoms with Crippen molar-refractivity contribution in [1.29, 1.82) is 0 Å². The van der Waals surface area contributed by atoms with E-state index in [4.69, 9.17) is 4.74 Å². The molecule has 2 saturated carbocycles. The molecular weight excluding hydrogens is 426 g/mol. The van der Waals surface area contributed by atoms with Gasteiger partial charge in [0.05, 0.1) is 24.0 Å². The van der Waals surface area contributed by atoms with E-state index in [9.17, 15) is 19.5 Å². The van der Waals surface area contributed by atoms with Crippen LogP contribution in [0.2, 0.25) is 0 Å². The number of hydrogen-bond acceptors (Lipinski definition) is 5. The summed E-state index contributed by atoms with van der Waals surface area (Å²) in [5.74, 6) is -2.40. The molecule has 2 N–H and O–H groups in total. The lowest BCUT2D eigenvalue weighted by atomic mass is 9.78. The Morgan fingerprint density at radius 1 is 1.09 bits per heavy atom. The molecule has 1 amide bonds. The number of anilines is 1. The quantitative estimate of drug-likeness (QED) is 0.458. The molecule has 3 aliphatic carbocycles. The Balaban J connectivity index is 1.67. The summed E-state index contributed by atoms with van der Waals surface area (Å²) in [5.41, 5.74) is 3.76. The van der Waals surface area contributed by atoms with Gasteiger partial charge in [0.2, 0.25) is 5.91 Å². The van der Waals surface area contributed by atoms with Crippen molar-refractivity contribution >= 4 is 34.2 Å². The molecule has 2 bridgehead atoms. The number of hydrogen-bond donors (Lipinski definition) is 2. The second kappa shape index (κ2) is 9.00. The first-order valence-electron chi connectivity index (χ1n) is 11.8. The summed E-state index contributed by atoms with van der Waals surface area (Å²) in [6.45, 7) is 8.24. The van der Waals surface area contributed by atoms with E-state index in [1.807, 2.05) is 13.8 Å². The first kappa shape index (κ1) is 23.0. The Kier molecular flexibility index (Phi) is 6.48. The third-order valence-electron chi connectivity index (χ3n) is 7.67. The summed E-state index contributed by atoms with van der Waals surface area (Å²) >= 11 is 1.47. The van der Waals surface area contributed by atoms with E-state index >= 15 is 0 Å². The molecule has 0 saturated heterocycles. The maximum atomic E-state index is 13.5. The van der Waals surface area contributed by atoms with Crippen LogP contribution in [0, 0.1) is 29.6 Å². The van der Waals surface area contributed by atoms with E-state index in [0.29, 0.717) is 16.5 Å². The molecule has 5 atom stereocenters. The lowest BCUT2D eigenvalue weighted by Gasteiger charge is -2.26. The van der Waals surface area contributed by atoms with E-state index in [2.05, 4.69) is 12.2 Å². The van der Waals surface area contributed by atoms with Gasteiger partial charge in [-0.3, -0.25) is 9.59 Å². The van der Waals surface area contributed by atoms with Crippen LogP contribution in [0.3, 0.4) is 0 Å². The predicted octanol–water partition coefficient (Wildman–Crippen LogP) is 5.07. The molecule has 0 spiro atoms. The average molecular weight is 460 g/mol. The number of amides is 1. The molecule has 0 radical (unpaired) electrons. The Bertz CT molecular complexity index is 973. The Morgan fingerprint density at radius 2 is 1.78 bits per heavy atom. The molecule has 6 nitrogen and oxygen atoms in total. The highest BCUT2D eigenvalue weighted by molar-refractivity contribution is 7.17. The zero-order valence-corrected chi connectivity index (χ0v) is 20.1. The zero-order valence-electron chi connectivity index (χ0n) is 19.3. The summed E-state index contributed by atoms with van der Waals surface area (Å²) in [5, 5.41) is 13.5. The van der Waals surface area contributed by atoms with Crippen LogP contribution in [-0.2, 0) is 27.2 Å².